The molecule has 3 rings (SSSR count). The summed E-state index contributed by atoms with van der Waals surface area (Å²) in [4.78, 5) is 12.1. The lowest BCUT2D eigenvalue weighted by Crippen LogP contribution is -2.36. The van der Waals surface area contributed by atoms with Gasteiger partial charge in [-0.1, -0.05) is 31.2 Å². The first-order valence-corrected chi connectivity index (χ1v) is 6.61. The van der Waals surface area contributed by atoms with Gasteiger partial charge in [0.15, 0.2) is 5.60 Å². The zero-order valence-corrected chi connectivity index (χ0v) is 10.9. The number of esters is 1. The number of fused-ring (bicyclic) bond motifs is 1. The van der Waals surface area contributed by atoms with E-state index < -0.39 is 5.60 Å². The Balaban J connectivity index is 1.87. The monoisotopic (exact) mass is 246 g/mol. The second-order valence-corrected chi connectivity index (χ2v) is 5.12. The van der Waals surface area contributed by atoms with Crippen molar-refractivity contribution in [2.45, 2.75) is 44.3 Å². The normalized spacial score (nSPS) is 27.0. The van der Waals surface area contributed by atoms with Crippen LogP contribution in [0.3, 0.4) is 0 Å². The summed E-state index contributed by atoms with van der Waals surface area (Å²) in [6.45, 7) is 4.24. The Kier molecular flexibility index (Phi) is 2.49. The minimum atomic E-state index is -0.706. The first-order chi connectivity index (χ1) is 8.67. The molecule has 1 fully saturated rings. The molecular formula is C15H18O3. The van der Waals surface area contributed by atoms with Crippen molar-refractivity contribution in [3.63, 3.8) is 0 Å². The van der Waals surface area contributed by atoms with Gasteiger partial charge in [-0.3, -0.25) is 0 Å². The highest BCUT2D eigenvalue weighted by Gasteiger charge is 2.75. The summed E-state index contributed by atoms with van der Waals surface area (Å²) < 4.78 is 11.1. The summed E-state index contributed by atoms with van der Waals surface area (Å²) in [6, 6.07) is 8.32. The molecule has 1 unspecified atom stereocenters. The molecule has 1 aliphatic carbocycles. The van der Waals surface area contributed by atoms with Gasteiger partial charge in [0.2, 0.25) is 0 Å². The van der Waals surface area contributed by atoms with E-state index >= 15 is 0 Å². The molecule has 1 saturated heterocycles. The molecule has 96 valence electrons. The van der Waals surface area contributed by atoms with E-state index in [-0.39, 0.29) is 11.6 Å². The maximum absolute atomic E-state index is 12.1. The van der Waals surface area contributed by atoms with Crippen LogP contribution in [-0.4, -0.2) is 23.8 Å². The molecule has 0 bridgehead atoms. The zero-order chi connectivity index (χ0) is 12.8. The third-order valence-corrected chi connectivity index (χ3v) is 4.24. The SMILES string of the molecule is CCOC(=O)C1(CC)OC12Cc1ccccc1C2. The average molecular weight is 246 g/mol. The topological polar surface area (TPSA) is 38.8 Å². The van der Waals surface area contributed by atoms with Crippen molar-refractivity contribution >= 4 is 5.97 Å². The van der Waals surface area contributed by atoms with Crippen LogP contribution in [0.4, 0.5) is 0 Å². The largest absolute Gasteiger partial charge is 0.464 e. The van der Waals surface area contributed by atoms with Crippen molar-refractivity contribution in [2.24, 2.45) is 0 Å². The minimum absolute atomic E-state index is 0.194. The lowest BCUT2D eigenvalue weighted by atomic mass is 9.88. The third kappa shape index (κ3) is 1.37. The molecule has 0 aromatic heterocycles. The Morgan fingerprint density at radius 2 is 1.89 bits per heavy atom. The molecular weight excluding hydrogens is 228 g/mol. The number of ether oxygens (including phenoxy) is 2. The van der Waals surface area contributed by atoms with Crippen molar-refractivity contribution in [1.29, 1.82) is 0 Å². The predicted molar refractivity (Wildman–Crippen MR) is 67.3 cm³/mol. The van der Waals surface area contributed by atoms with Crippen LogP contribution in [-0.2, 0) is 27.1 Å². The van der Waals surface area contributed by atoms with E-state index in [0.29, 0.717) is 13.0 Å². The van der Waals surface area contributed by atoms with E-state index in [1.165, 1.54) is 11.1 Å². The highest BCUT2D eigenvalue weighted by atomic mass is 16.7. The molecule has 0 N–H and O–H groups in total. The van der Waals surface area contributed by atoms with Gasteiger partial charge in [0, 0.05) is 12.8 Å². The Hall–Kier alpha value is -1.35. The van der Waals surface area contributed by atoms with E-state index in [4.69, 9.17) is 9.47 Å². The summed E-state index contributed by atoms with van der Waals surface area (Å²) in [7, 11) is 0. The first-order valence-electron chi connectivity index (χ1n) is 6.61. The number of carbonyl (C=O) groups is 1. The van der Waals surface area contributed by atoms with Gasteiger partial charge in [-0.15, -0.1) is 0 Å². The fourth-order valence-electron chi connectivity index (χ4n) is 3.26. The molecule has 1 heterocycles. The molecule has 2 aliphatic rings. The van der Waals surface area contributed by atoms with E-state index in [0.717, 1.165) is 12.8 Å². The van der Waals surface area contributed by atoms with Crippen molar-refractivity contribution < 1.29 is 14.3 Å². The highest BCUT2D eigenvalue weighted by Crippen LogP contribution is 2.58. The van der Waals surface area contributed by atoms with Crippen LogP contribution in [0, 0.1) is 0 Å². The number of hydrogen-bond donors (Lipinski definition) is 0. The fourth-order valence-corrected chi connectivity index (χ4v) is 3.26. The van der Waals surface area contributed by atoms with Crippen molar-refractivity contribution in [3.8, 4) is 0 Å². The minimum Gasteiger partial charge on any atom is -0.464 e. The lowest BCUT2D eigenvalue weighted by Gasteiger charge is -2.12. The van der Waals surface area contributed by atoms with Gasteiger partial charge in [0.1, 0.15) is 5.60 Å². The summed E-state index contributed by atoms with van der Waals surface area (Å²) in [5.74, 6) is -0.194. The lowest BCUT2D eigenvalue weighted by molar-refractivity contribution is -0.149. The Morgan fingerprint density at radius 3 is 2.39 bits per heavy atom. The molecule has 0 radical (unpaired) electrons. The number of carbonyl (C=O) groups excluding carboxylic acids is 1. The summed E-state index contributed by atoms with van der Waals surface area (Å²) in [5, 5.41) is 0. The molecule has 3 nitrogen and oxygen atoms in total. The molecule has 18 heavy (non-hydrogen) atoms. The second kappa shape index (κ2) is 3.82. The Morgan fingerprint density at radius 1 is 1.28 bits per heavy atom. The molecule has 1 aromatic rings. The quantitative estimate of drug-likeness (QED) is 0.606. The van der Waals surface area contributed by atoms with Gasteiger partial charge in [-0.25, -0.2) is 4.79 Å². The number of benzene rings is 1. The Bertz CT molecular complexity index is 469. The van der Waals surface area contributed by atoms with Crippen LogP contribution in [0.1, 0.15) is 31.4 Å². The predicted octanol–water partition coefficient (Wildman–Crippen LogP) is 2.27. The molecule has 1 spiro atoms. The van der Waals surface area contributed by atoms with E-state index in [1.807, 2.05) is 26.0 Å². The number of rotatable bonds is 3. The van der Waals surface area contributed by atoms with Gasteiger partial charge in [-0.05, 0) is 24.5 Å². The molecule has 1 aliphatic heterocycles. The van der Waals surface area contributed by atoms with Gasteiger partial charge >= 0.3 is 5.97 Å². The van der Waals surface area contributed by atoms with Crippen LogP contribution in [0.5, 0.6) is 0 Å². The van der Waals surface area contributed by atoms with Crippen molar-refractivity contribution in [3.05, 3.63) is 35.4 Å². The maximum atomic E-state index is 12.1. The average Bonchev–Trinajstić information content (AvgIpc) is 2.83. The van der Waals surface area contributed by atoms with E-state index in [2.05, 4.69) is 12.1 Å². The van der Waals surface area contributed by atoms with Crippen molar-refractivity contribution in [1.82, 2.24) is 0 Å². The molecule has 0 saturated carbocycles. The van der Waals surface area contributed by atoms with Gasteiger partial charge in [0.05, 0.1) is 6.61 Å². The smallest absolute Gasteiger partial charge is 0.341 e. The number of hydrogen-bond acceptors (Lipinski definition) is 3. The zero-order valence-electron chi connectivity index (χ0n) is 10.9. The summed E-state index contributed by atoms with van der Waals surface area (Å²) in [6.07, 6.45) is 2.34. The first kappa shape index (κ1) is 11.7. The van der Waals surface area contributed by atoms with Crippen LogP contribution in [0.2, 0.25) is 0 Å². The molecule has 0 amide bonds. The molecule has 1 aromatic carbocycles. The standard InChI is InChI=1S/C15H18O3/c1-3-15(13(16)17-4-2)14(18-15)9-11-7-5-6-8-12(11)10-14/h5-8H,3-4,9-10H2,1-2H3. The van der Waals surface area contributed by atoms with Crippen molar-refractivity contribution in [2.75, 3.05) is 6.61 Å². The number of epoxide rings is 1. The molecule has 1 atom stereocenters. The van der Waals surface area contributed by atoms with E-state index in [9.17, 15) is 4.79 Å². The van der Waals surface area contributed by atoms with Crippen LogP contribution >= 0.6 is 0 Å². The fraction of sp³-hybridized carbons (Fsp3) is 0.533. The highest BCUT2D eigenvalue weighted by molar-refractivity contribution is 5.85. The van der Waals surface area contributed by atoms with Gasteiger partial charge in [0.25, 0.3) is 0 Å². The molecule has 3 heteroatoms. The van der Waals surface area contributed by atoms with Crippen LogP contribution < -0.4 is 0 Å². The van der Waals surface area contributed by atoms with Gasteiger partial charge < -0.3 is 9.47 Å². The van der Waals surface area contributed by atoms with Gasteiger partial charge in [-0.2, -0.15) is 0 Å². The Labute approximate surface area is 107 Å². The maximum Gasteiger partial charge on any atom is 0.341 e. The van der Waals surface area contributed by atoms with E-state index in [1.54, 1.807) is 0 Å². The third-order valence-electron chi connectivity index (χ3n) is 4.24. The summed E-state index contributed by atoms with van der Waals surface area (Å²) >= 11 is 0. The van der Waals surface area contributed by atoms with Crippen LogP contribution in [0.25, 0.3) is 0 Å². The van der Waals surface area contributed by atoms with Crippen LogP contribution in [0.15, 0.2) is 24.3 Å². The second-order valence-electron chi connectivity index (χ2n) is 5.12. The summed E-state index contributed by atoms with van der Waals surface area (Å²) in [5.41, 5.74) is 1.56.